The zero-order chi connectivity index (χ0) is 32.3. The zero-order valence-electron chi connectivity index (χ0n) is 25.5. The molecule has 0 atom stereocenters. The van der Waals surface area contributed by atoms with Gasteiger partial charge in [0.1, 0.15) is 0 Å². The quantitative estimate of drug-likeness (QED) is 0.388. The first kappa shape index (κ1) is 43.2. The lowest BCUT2D eigenvalue weighted by molar-refractivity contribution is 0.240. The van der Waals surface area contributed by atoms with E-state index in [1.807, 2.05) is 41.5 Å². The van der Waals surface area contributed by atoms with Crippen molar-refractivity contribution in [2.45, 2.75) is 94.4 Å². The molecule has 2 amide bonds. The van der Waals surface area contributed by atoms with E-state index < -0.39 is 46.2 Å². The Balaban J connectivity index is -0.000000258. The molecular formula is C26H48F2N6O6. The van der Waals surface area contributed by atoms with Crippen LogP contribution in [0.3, 0.4) is 0 Å². The number of aromatic amines is 2. The van der Waals surface area contributed by atoms with Gasteiger partial charge in [-0.3, -0.25) is 19.6 Å². The number of halogens is 2. The fourth-order valence-corrected chi connectivity index (χ4v) is 2.15. The second-order valence-electron chi connectivity index (χ2n) is 6.77. The van der Waals surface area contributed by atoms with E-state index in [0.29, 0.717) is 28.1 Å². The minimum absolute atomic E-state index is 0.409. The van der Waals surface area contributed by atoms with Crippen molar-refractivity contribution in [1.29, 1.82) is 0 Å². The summed E-state index contributed by atoms with van der Waals surface area (Å²) in [6.07, 6.45) is 6.29. The summed E-state index contributed by atoms with van der Waals surface area (Å²) in [5.74, 6) is -2.36. The molecule has 0 aliphatic rings. The molecule has 0 aromatic carbocycles. The molecule has 4 N–H and O–H groups in total. The Morgan fingerprint density at radius 3 is 1.45 bits per heavy atom. The van der Waals surface area contributed by atoms with Crippen LogP contribution < -0.4 is 33.1 Å². The van der Waals surface area contributed by atoms with Crippen LogP contribution in [0.4, 0.5) is 18.4 Å². The van der Waals surface area contributed by atoms with Crippen molar-refractivity contribution in [3.05, 3.63) is 65.7 Å². The Bertz CT molecular complexity index is 1170. The second kappa shape index (κ2) is 28.2. The SMILES string of the molecule is CC.CC.CC.CCC.CCCCCCNC(=O)n1cc(F)c(=O)[nH]c1=O.CNC(=O)n1cc(F)c(=O)[nH]c1=O. The third-order valence-corrected chi connectivity index (χ3v) is 3.76. The van der Waals surface area contributed by atoms with E-state index in [-0.39, 0.29) is 0 Å². The number of nitrogens with one attached hydrogen (secondary N) is 4. The molecule has 2 aromatic heterocycles. The van der Waals surface area contributed by atoms with Gasteiger partial charge in [0.25, 0.3) is 11.1 Å². The number of H-pyrrole nitrogens is 2. The molecule has 0 spiro atoms. The van der Waals surface area contributed by atoms with E-state index >= 15 is 0 Å². The lowest BCUT2D eigenvalue weighted by atomic mass is 10.2. The van der Waals surface area contributed by atoms with Crippen LogP contribution in [0.25, 0.3) is 0 Å². The molecule has 0 saturated heterocycles. The molecule has 14 heteroatoms. The summed E-state index contributed by atoms with van der Waals surface area (Å²) in [7, 11) is 1.28. The smallest absolute Gasteiger partial charge is 0.336 e. The van der Waals surface area contributed by atoms with Crippen molar-refractivity contribution in [1.82, 2.24) is 29.7 Å². The first-order chi connectivity index (χ1) is 19.0. The number of hydrogen-bond acceptors (Lipinski definition) is 6. The summed E-state index contributed by atoms with van der Waals surface area (Å²) >= 11 is 0. The zero-order valence-corrected chi connectivity index (χ0v) is 25.5. The molecule has 2 rings (SSSR count). The first-order valence-corrected chi connectivity index (χ1v) is 13.6. The predicted molar refractivity (Wildman–Crippen MR) is 155 cm³/mol. The average molecular weight is 579 g/mol. The van der Waals surface area contributed by atoms with Gasteiger partial charge in [0.05, 0.1) is 12.4 Å². The van der Waals surface area contributed by atoms with Gasteiger partial charge in [-0.15, -0.1) is 0 Å². The normalized spacial score (nSPS) is 8.70. The maximum absolute atomic E-state index is 12.9. The largest absolute Gasteiger partial charge is 0.340 e. The number of rotatable bonds is 5. The number of hydrogen-bond donors (Lipinski definition) is 4. The molecular weight excluding hydrogens is 530 g/mol. The molecule has 0 bridgehead atoms. The van der Waals surface area contributed by atoms with E-state index in [9.17, 15) is 37.5 Å². The van der Waals surface area contributed by atoms with Gasteiger partial charge in [-0.25, -0.2) is 28.3 Å². The molecule has 0 aliphatic heterocycles. The molecule has 12 nitrogen and oxygen atoms in total. The molecule has 0 fully saturated rings. The van der Waals surface area contributed by atoms with E-state index in [0.717, 1.165) is 25.7 Å². The second-order valence-corrected chi connectivity index (χ2v) is 6.77. The Kier molecular flexibility index (Phi) is 30.4. The summed E-state index contributed by atoms with van der Waals surface area (Å²) in [4.78, 5) is 69.2. The van der Waals surface area contributed by atoms with Crippen molar-refractivity contribution < 1.29 is 18.4 Å². The number of unbranched alkanes of at least 4 members (excludes halogenated alkanes) is 3. The van der Waals surface area contributed by atoms with Gasteiger partial charge in [-0.1, -0.05) is 88.0 Å². The summed E-state index contributed by atoms with van der Waals surface area (Å²) < 4.78 is 26.4. The predicted octanol–water partition coefficient (Wildman–Crippen LogP) is 4.17. The maximum Gasteiger partial charge on any atom is 0.336 e. The standard InChI is InChI=1S/C11H16FN3O3.C6H6FN3O3.C3H8.3C2H6/c1-2-3-4-5-6-13-10(17)15-7-8(12)9(16)14-11(15)18;1-8-5(12)10-2-3(7)4(11)9-6(10)13;1-3-2;3*1-2/h7H,2-6H2,1H3,(H,13,17)(H,14,16,18);2H,1H3,(H,8,12)(H,9,11,13);3H2,1-2H3;3*1-2H3. The minimum Gasteiger partial charge on any atom is -0.340 e. The lowest BCUT2D eigenvalue weighted by Gasteiger charge is -2.06. The minimum atomic E-state index is -1.19. The van der Waals surface area contributed by atoms with Crippen LogP contribution in [-0.4, -0.2) is 44.8 Å². The number of carbonyl (C=O) groups excluding carboxylic acids is 2. The maximum atomic E-state index is 12.9. The molecule has 2 heterocycles. The van der Waals surface area contributed by atoms with Crippen LogP contribution >= 0.6 is 0 Å². The third kappa shape index (κ3) is 18.4. The Labute approximate surface area is 234 Å². The average Bonchev–Trinajstić information content (AvgIpc) is 2.96. The van der Waals surface area contributed by atoms with Crippen LogP contribution in [0, 0.1) is 11.6 Å². The highest BCUT2D eigenvalue weighted by Crippen LogP contribution is 1.97. The Hall–Kier alpha value is -3.84. The molecule has 2 aromatic rings. The van der Waals surface area contributed by atoms with E-state index in [4.69, 9.17) is 0 Å². The molecule has 40 heavy (non-hydrogen) atoms. The van der Waals surface area contributed by atoms with Crippen molar-refractivity contribution >= 4 is 12.1 Å². The van der Waals surface area contributed by atoms with E-state index in [1.165, 1.54) is 13.5 Å². The highest BCUT2D eigenvalue weighted by atomic mass is 19.1. The molecule has 232 valence electrons. The number of nitrogens with zero attached hydrogens (tertiary/aromatic N) is 2. The Morgan fingerprint density at radius 2 is 1.10 bits per heavy atom. The summed E-state index contributed by atoms with van der Waals surface area (Å²) in [6, 6.07) is -1.56. The number of aromatic nitrogens is 4. The topological polar surface area (TPSA) is 168 Å². The van der Waals surface area contributed by atoms with Gasteiger partial charge < -0.3 is 10.6 Å². The van der Waals surface area contributed by atoms with Crippen LogP contribution in [0.1, 0.15) is 94.4 Å². The fourth-order valence-electron chi connectivity index (χ4n) is 2.15. The summed E-state index contributed by atoms with van der Waals surface area (Å²) in [5, 5.41) is 4.58. The van der Waals surface area contributed by atoms with Crippen LogP contribution in [-0.2, 0) is 0 Å². The number of carbonyl (C=O) groups is 2. The van der Waals surface area contributed by atoms with Crippen molar-refractivity contribution in [3.63, 3.8) is 0 Å². The summed E-state index contributed by atoms with van der Waals surface area (Å²) in [6.45, 7) is 18.7. The van der Waals surface area contributed by atoms with Crippen LogP contribution in [0.2, 0.25) is 0 Å². The van der Waals surface area contributed by atoms with Gasteiger partial charge in [-0.2, -0.15) is 8.78 Å². The van der Waals surface area contributed by atoms with Crippen LogP contribution in [0.15, 0.2) is 31.6 Å². The highest BCUT2D eigenvalue weighted by Gasteiger charge is 2.10. The van der Waals surface area contributed by atoms with Gasteiger partial charge >= 0.3 is 23.4 Å². The lowest BCUT2D eigenvalue weighted by Crippen LogP contribution is -2.40. The van der Waals surface area contributed by atoms with Crippen molar-refractivity contribution in [2.75, 3.05) is 13.6 Å². The molecule has 0 unspecified atom stereocenters. The molecule has 0 saturated carbocycles. The van der Waals surface area contributed by atoms with Gasteiger partial charge in [0, 0.05) is 13.6 Å². The monoisotopic (exact) mass is 578 g/mol. The third-order valence-electron chi connectivity index (χ3n) is 3.76. The van der Waals surface area contributed by atoms with Gasteiger partial charge in [0.2, 0.25) is 11.6 Å². The number of amides is 2. The van der Waals surface area contributed by atoms with E-state index in [2.05, 4.69) is 31.4 Å². The van der Waals surface area contributed by atoms with Crippen molar-refractivity contribution in [3.8, 4) is 0 Å². The Morgan fingerprint density at radius 1 is 0.725 bits per heavy atom. The first-order valence-electron chi connectivity index (χ1n) is 13.6. The highest BCUT2D eigenvalue weighted by molar-refractivity contribution is 5.76. The summed E-state index contributed by atoms with van der Waals surface area (Å²) in [5.41, 5.74) is -4.21. The van der Waals surface area contributed by atoms with Gasteiger partial charge in [-0.05, 0) is 6.42 Å². The molecule has 0 aliphatic carbocycles. The fraction of sp³-hybridized carbons (Fsp3) is 0.615. The molecule has 0 radical (unpaired) electrons. The van der Waals surface area contributed by atoms with Gasteiger partial charge in [0.15, 0.2) is 0 Å². The van der Waals surface area contributed by atoms with Crippen LogP contribution in [0.5, 0.6) is 0 Å². The van der Waals surface area contributed by atoms with Crippen molar-refractivity contribution in [2.24, 2.45) is 0 Å². The van der Waals surface area contributed by atoms with E-state index in [1.54, 1.807) is 9.97 Å².